The molecule has 5 nitrogen and oxygen atoms in total. The third-order valence-corrected chi connectivity index (χ3v) is 3.03. The molecule has 1 rings (SSSR count). The number of nitrogens with zero attached hydrogens (tertiary/aromatic N) is 1. The van der Waals surface area contributed by atoms with E-state index in [1.807, 2.05) is 6.92 Å². The van der Waals surface area contributed by atoms with Gasteiger partial charge in [-0.25, -0.2) is 4.79 Å². The predicted octanol–water partition coefficient (Wildman–Crippen LogP) is 2.29. The quantitative estimate of drug-likeness (QED) is 0.741. The number of aromatic hydroxyl groups is 1. The van der Waals surface area contributed by atoms with E-state index in [0.717, 1.165) is 13.1 Å². The molecule has 0 amide bonds. The molecule has 20 heavy (non-hydrogen) atoms. The van der Waals surface area contributed by atoms with Crippen LogP contribution in [0, 0.1) is 0 Å². The minimum atomic E-state index is -0.531. The van der Waals surface area contributed by atoms with Gasteiger partial charge in [0.05, 0.1) is 6.61 Å². The van der Waals surface area contributed by atoms with Crippen molar-refractivity contribution < 1.29 is 19.4 Å². The van der Waals surface area contributed by atoms with Crippen molar-refractivity contribution in [1.29, 1.82) is 0 Å². The van der Waals surface area contributed by atoms with Gasteiger partial charge in [0, 0.05) is 6.54 Å². The maximum absolute atomic E-state index is 11.9. The molecule has 0 saturated heterocycles. The number of esters is 1. The normalized spacial score (nSPS) is 10.6. The van der Waals surface area contributed by atoms with Crippen molar-refractivity contribution in [1.82, 2.24) is 4.90 Å². The molecule has 0 unspecified atom stereocenters. The summed E-state index contributed by atoms with van der Waals surface area (Å²) in [6, 6.07) is 4.55. The first-order valence-corrected chi connectivity index (χ1v) is 6.97. The summed E-state index contributed by atoms with van der Waals surface area (Å²) in [5, 5.41) is 9.71. The fourth-order valence-corrected chi connectivity index (χ4v) is 1.82. The minimum absolute atomic E-state index is 0.0960. The smallest absolute Gasteiger partial charge is 0.342 e. The Balaban J connectivity index is 2.60. The third-order valence-electron chi connectivity index (χ3n) is 3.03. The lowest BCUT2D eigenvalue weighted by Gasteiger charge is -2.17. The van der Waals surface area contributed by atoms with E-state index in [1.54, 1.807) is 6.07 Å². The van der Waals surface area contributed by atoms with Gasteiger partial charge in [-0.2, -0.15) is 0 Å². The van der Waals surface area contributed by atoms with Gasteiger partial charge in [-0.3, -0.25) is 0 Å². The van der Waals surface area contributed by atoms with Crippen molar-refractivity contribution in [3.63, 3.8) is 0 Å². The van der Waals surface area contributed by atoms with E-state index in [1.165, 1.54) is 12.1 Å². The summed E-state index contributed by atoms with van der Waals surface area (Å²) in [6.07, 6.45) is 0. The monoisotopic (exact) mass is 281 g/mol. The van der Waals surface area contributed by atoms with Crippen LogP contribution in [-0.2, 0) is 4.74 Å². The number of benzene rings is 1. The van der Waals surface area contributed by atoms with Crippen LogP contribution in [0.3, 0.4) is 0 Å². The SMILES string of the molecule is CCOc1ccc(O)c(C(=O)OCCN(CC)CC)c1. The van der Waals surface area contributed by atoms with E-state index >= 15 is 0 Å². The summed E-state index contributed by atoms with van der Waals surface area (Å²) in [7, 11) is 0. The molecular weight excluding hydrogens is 258 g/mol. The van der Waals surface area contributed by atoms with Crippen molar-refractivity contribution >= 4 is 5.97 Å². The lowest BCUT2D eigenvalue weighted by atomic mass is 10.2. The third kappa shape index (κ3) is 4.74. The first-order valence-electron chi connectivity index (χ1n) is 6.97. The van der Waals surface area contributed by atoms with Crippen LogP contribution in [0.5, 0.6) is 11.5 Å². The lowest BCUT2D eigenvalue weighted by molar-refractivity contribution is 0.0462. The number of carbonyl (C=O) groups excluding carboxylic acids is 1. The van der Waals surface area contributed by atoms with Crippen molar-refractivity contribution in [2.24, 2.45) is 0 Å². The Morgan fingerprint density at radius 3 is 2.55 bits per heavy atom. The molecule has 1 aromatic carbocycles. The zero-order chi connectivity index (χ0) is 15.0. The topological polar surface area (TPSA) is 59.0 Å². The zero-order valence-electron chi connectivity index (χ0n) is 12.4. The molecule has 0 spiro atoms. The van der Waals surface area contributed by atoms with Gasteiger partial charge in [-0.1, -0.05) is 13.8 Å². The Hall–Kier alpha value is -1.75. The van der Waals surface area contributed by atoms with E-state index in [2.05, 4.69) is 18.7 Å². The number of ether oxygens (including phenoxy) is 2. The Bertz CT molecular complexity index is 430. The molecule has 0 aliphatic heterocycles. The van der Waals surface area contributed by atoms with E-state index in [0.29, 0.717) is 25.5 Å². The van der Waals surface area contributed by atoms with Crippen LogP contribution in [0.2, 0.25) is 0 Å². The summed E-state index contributed by atoms with van der Waals surface area (Å²) in [5.41, 5.74) is 0.135. The summed E-state index contributed by atoms with van der Waals surface area (Å²) >= 11 is 0. The number of phenols is 1. The highest BCUT2D eigenvalue weighted by molar-refractivity contribution is 5.92. The zero-order valence-corrected chi connectivity index (χ0v) is 12.4. The molecule has 1 aromatic rings. The molecule has 0 atom stereocenters. The lowest BCUT2D eigenvalue weighted by Crippen LogP contribution is -2.27. The first-order chi connectivity index (χ1) is 9.62. The van der Waals surface area contributed by atoms with E-state index in [-0.39, 0.29) is 11.3 Å². The van der Waals surface area contributed by atoms with Gasteiger partial charge in [0.15, 0.2) is 0 Å². The van der Waals surface area contributed by atoms with Crippen LogP contribution < -0.4 is 4.74 Å². The number of phenolic OH excluding ortho intramolecular Hbond substituents is 1. The second kappa shape index (κ2) is 8.43. The fraction of sp³-hybridized carbons (Fsp3) is 0.533. The van der Waals surface area contributed by atoms with Crippen LogP contribution in [0.15, 0.2) is 18.2 Å². The van der Waals surface area contributed by atoms with Crippen molar-refractivity contribution in [3.8, 4) is 11.5 Å². The second-order valence-corrected chi connectivity index (χ2v) is 4.27. The Morgan fingerprint density at radius 2 is 1.95 bits per heavy atom. The van der Waals surface area contributed by atoms with Gasteiger partial charge >= 0.3 is 5.97 Å². The van der Waals surface area contributed by atoms with E-state index in [9.17, 15) is 9.90 Å². The average molecular weight is 281 g/mol. The van der Waals surface area contributed by atoms with Gasteiger partial charge < -0.3 is 19.5 Å². The highest BCUT2D eigenvalue weighted by atomic mass is 16.5. The molecule has 5 heteroatoms. The van der Waals surface area contributed by atoms with Gasteiger partial charge in [0.2, 0.25) is 0 Å². The fourth-order valence-electron chi connectivity index (χ4n) is 1.82. The van der Waals surface area contributed by atoms with Crippen LogP contribution in [-0.4, -0.2) is 48.8 Å². The maximum atomic E-state index is 11.9. The van der Waals surface area contributed by atoms with Gasteiger partial charge in [-0.05, 0) is 38.2 Å². The summed E-state index contributed by atoms with van der Waals surface area (Å²) in [6.45, 7) is 9.29. The minimum Gasteiger partial charge on any atom is -0.507 e. The number of hydrogen-bond acceptors (Lipinski definition) is 5. The van der Waals surface area contributed by atoms with Crippen LogP contribution in [0.4, 0.5) is 0 Å². The number of hydrogen-bond donors (Lipinski definition) is 1. The summed E-state index contributed by atoms with van der Waals surface area (Å²) < 4.78 is 10.5. The van der Waals surface area contributed by atoms with E-state index < -0.39 is 5.97 Å². The summed E-state index contributed by atoms with van der Waals surface area (Å²) in [5.74, 6) is -0.0847. The molecule has 0 heterocycles. The Morgan fingerprint density at radius 1 is 1.25 bits per heavy atom. The predicted molar refractivity (Wildman–Crippen MR) is 77.3 cm³/mol. The molecule has 0 aliphatic carbocycles. The molecule has 0 aliphatic rings. The van der Waals surface area contributed by atoms with Crippen molar-refractivity contribution in [3.05, 3.63) is 23.8 Å². The molecule has 1 N–H and O–H groups in total. The second-order valence-electron chi connectivity index (χ2n) is 4.27. The highest BCUT2D eigenvalue weighted by Crippen LogP contribution is 2.23. The standard InChI is InChI=1S/C15H23NO4/c1-4-16(5-2)9-10-20-15(18)13-11-12(19-6-3)7-8-14(13)17/h7-8,11,17H,4-6,9-10H2,1-3H3. The van der Waals surface area contributed by atoms with E-state index in [4.69, 9.17) is 9.47 Å². The Kier molecular flexibility index (Phi) is 6.87. The number of rotatable bonds is 8. The molecule has 0 fully saturated rings. The molecule has 112 valence electrons. The van der Waals surface area contributed by atoms with Crippen LogP contribution in [0.1, 0.15) is 31.1 Å². The molecule has 0 radical (unpaired) electrons. The maximum Gasteiger partial charge on any atom is 0.342 e. The van der Waals surface area contributed by atoms with Crippen molar-refractivity contribution in [2.45, 2.75) is 20.8 Å². The van der Waals surface area contributed by atoms with Gasteiger partial charge in [0.25, 0.3) is 0 Å². The molecule has 0 bridgehead atoms. The Labute approximate surface area is 120 Å². The van der Waals surface area contributed by atoms with Crippen LogP contribution in [0.25, 0.3) is 0 Å². The van der Waals surface area contributed by atoms with Gasteiger partial charge in [-0.15, -0.1) is 0 Å². The molecular formula is C15H23NO4. The molecule has 0 aromatic heterocycles. The average Bonchev–Trinajstić information content (AvgIpc) is 2.45. The number of carbonyl (C=O) groups is 1. The van der Waals surface area contributed by atoms with Gasteiger partial charge in [0.1, 0.15) is 23.7 Å². The van der Waals surface area contributed by atoms with Crippen LogP contribution >= 0.6 is 0 Å². The largest absolute Gasteiger partial charge is 0.507 e. The molecule has 0 saturated carbocycles. The first kappa shape index (κ1) is 16.3. The highest BCUT2D eigenvalue weighted by Gasteiger charge is 2.14. The summed E-state index contributed by atoms with van der Waals surface area (Å²) in [4.78, 5) is 14.1. The van der Waals surface area contributed by atoms with Crippen molar-refractivity contribution in [2.75, 3.05) is 32.8 Å². The number of likely N-dealkylation sites (N-methyl/N-ethyl adjacent to an activating group) is 1.